The molecule has 0 N–H and O–H groups in total. The van der Waals surface area contributed by atoms with Crippen molar-refractivity contribution in [3.63, 3.8) is 0 Å². The number of unbranched alkanes of at least 4 members (excludes halogenated alkanes) is 5. The first-order valence-corrected chi connectivity index (χ1v) is 6.60. The van der Waals surface area contributed by atoms with Crippen LogP contribution in [0.1, 0.15) is 45.4 Å². The topological polar surface area (TPSA) is 0 Å². The second-order valence-electron chi connectivity index (χ2n) is 4.73. The molecule has 0 aliphatic carbocycles. The minimum absolute atomic E-state index is 0.00433. The fourth-order valence-electron chi connectivity index (χ4n) is 1.56. The summed E-state index contributed by atoms with van der Waals surface area (Å²) in [5.41, 5.74) is 0. The highest BCUT2D eigenvalue weighted by molar-refractivity contribution is 5.08. The Bertz CT molecular complexity index is 322. The van der Waals surface area contributed by atoms with Crippen molar-refractivity contribution < 1.29 is 35.1 Å². The minimum atomic E-state index is -6.15. The summed E-state index contributed by atoms with van der Waals surface area (Å²) in [5, 5.41) is 0. The summed E-state index contributed by atoms with van der Waals surface area (Å²) < 4.78 is 100. The standard InChI is InChI=1S/C13H18F8/c1-2-3-4-5-6-7-8-9-11(16,17)13(20,21)12(18,19)10(14)15/h8-10H,2-7H2,1H3/b9-8+. The van der Waals surface area contributed by atoms with Gasteiger partial charge in [-0.3, -0.25) is 0 Å². The fourth-order valence-corrected chi connectivity index (χ4v) is 1.56. The minimum Gasteiger partial charge on any atom is -0.203 e. The van der Waals surface area contributed by atoms with Crippen LogP contribution >= 0.6 is 0 Å². The van der Waals surface area contributed by atoms with Gasteiger partial charge >= 0.3 is 24.2 Å². The van der Waals surface area contributed by atoms with Crippen molar-refractivity contribution in [2.45, 2.75) is 69.6 Å². The monoisotopic (exact) mass is 326 g/mol. The van der Waals surface area contributed by atoms with E-state index in [9.17, 15) is 35.1 Å². The van der Waals surface area contributed by atoms with E-state index < -0.39 is 30.3 Å². The van der Waals surface area contributed by atoms with Crippen LogP contribution in [0.3, 0.4) is 0 Å². The Labute approximate surface area is 118 Å². The van der Waals surface area contributed by atoms with E-state index in [0.29, 0.717) is 18.9 Å². The average Bonchev–Trinajstić information content (AvgIpc) is 2.37. The van der Waals surface area contributed by atoms with E-state index in [1.807, 2.05) is 6.92 Å². The van der Waals surface area contributed by atoms with E-state index in [-0.39, 0.29) is 6.42 Å². The molecule has 0 radical (unpaired) electrons. The molecule has 0 bridgehead atoms. The Morgan fingerprint density at radius 3 is 1.86 bits per heavy atom. The molecule has 0 saturated heterocycles. The summed E-state index contributed by atoms with van der Waals surface area (Å²) in [6, 6.07) is 0. The van der Waals surface area contributed by atoms with E-state index in [2.05, 4.69) is 0 Å². The SMILES string of the molecule is CCCCCCC/C=C/C(F)(F)C(F)(F)C(F)(F)C(F)F. The number of alkyl halides is 8. The van der Waals surface area contributed by atoms with Crippen molar-refractivity contribution in [1.29, 1.82) is 0 Å². The Morgan fingerprint density at radius 2 is 1.38 bits per heavy atom. The molecule has 126 valence electrons. The maximum Gasteiger partial charge on any atom is 0.381 e. The number of rotatable bonds is 10. The second kappa shape index (κ2) is 7.98. The molecular formula is C13H18F8. The molecule has 0 nitrogen and oxygen atoms in total. The van der Waals surface area contributed by atoms with Crippen LogP contribution in [0.15, 0.2) is 12.2 Å². The van der Waals surface area contributed by atoms with Gasteiger partial charge in [0, 0.05) is 0 Å². The third kappa shape index (κ3) is 5.14. The maximum atomic E-state index is 13.0. The molecule has 21 heavy (non-hydrogen) atoms. The summed E-state index contributed by atoms with van der Waals surface area (Å²) in [6.07, 6.45) is -0.792. The van der Waals surface area contributed by atoms with Crippen LogP contribution in [0.5, 0.6) is 0 Å². The van der Waals surface area contributed by atoms with E-state index >= 15 is 0 Å². The summed E-state index contributed by atoms with van der Waals surface area (Å²) in [7, 11) is 0. The summed E-state index contributed by atoms with van der Waals surface area (Å²) in [5.74, 6) is -17.6. The van der Waals surface area contributed by atoms with Crippen LogP contribution in [0.2, 0.25) is 0 Å². The van der Waals surface area contributed by atoms with Gasteiger partial charge < -0.3 is 0 Å². The molecule has 0 rings (SSSR count). The summed E-state index contributed by atoms with van der Waals surface area (Å²) in [6.45, 7) is 1.96. The van der Waals surface area contributed by atoms with Gasteiger partial charge in [0.1, 0.15) is 0 Å². The Hall–Kier alpha value is -0.820. The Kier molecular flexibility index (Phi) is 7.67. The Balaban J connectivity index is 4.59. The smallest absolute Gasteiger partial charge is 0.203 e. The molecule has 0 aromatic rings. The number of hydrogen-bond acceptors (Lipinski definition) is 0. The molecule has 0 aromatic carbocycles. The molecule has 0 aliphatic heterocycles. The maximum absolute atomic E-state index is 13.0. The van der Waals surface area contributed by atoms with E-state index in [0.717, 1.165) is 19.3 Å². The number of halogens is 8. The van der Waals surface area contributed by atoms with Crippen molar-refractivity contribution in [1.82, 2.24) is 0 Å². The first kappa shape index (κ1) is 20.2. The molecule has 0 spiro atoms. The van der Waals surface area contributed by atoms with Crippen molar-refractivity contribution in [3.8, 4) is 0 Å². The summed E-state index contributed by atoms with van der Waals surface area (Å²) in [4.78, 5) is 0. The molecule has 0 atom stereocenters. The molecule has 0 saturated carbocycles. The van der Waals surface area contributed by atoms with Crippen LogP contribution in [0.4, 0.5) is 35.1 Å². The van der Waals surface area contributed by atoms with Crippen LogP contribution < -0.4 is 0 Å². The van der Waals surface area contributed by atoms with E-state index in [1.165, 1.54) is 0 Å². The third-order valence-electron chi connectivity index (χ3n) is 2.91. The first-order valence-electron chi connectivity index (χ1n) is 6.60. The van der Waals surface area contributed by atoms with Gasteiger partial charge in [-0.15, -0.1) is 0 Å². The van der Waals surface area contributed by atoms with Gasteiger partial charge in [-0.1, -0.05) is 38.7 Å². The normalized spacial score (nSPS) is 14.4. The number of hydrogen-bond donors (Lipinski definition) is 0. The van der Waals surface area contributed by atoms with E-state index in [1.54, 1.807) is 0 Å². The lowest BCUT2D eigenvalue weighted by molar-refractivity contribution is -0.325. The highest BCUT2D eigenvalue weighted by Gasteiger charge is 2.74. The van der Waals surface area contributed by atoms with Crippen LogP contribution in [0, 0.1) is 0 Å². The molecule has 0 amide bonds. The molecule has 0 heterocycles. The molecule has 8 heteroatoms. The lowest BCUT2D eigenvalue weighted by Gasteiger charge is -2.30. The number of allylic oxidation sites excluding steroid dienone is 2. The van der Waals surface area contributed by atoms with Gasteiger partial charge in [0.2, 0.25) is 0 Å². The molecular weight excluding hydrogens is 308 g/mol. The van der Waals surface area contributed by atoms with Crippen LogP contribution in [-0.4, -0.2) is 24.2 Å². The zero-order chi connectivity index (χ0) is 16.7. The van der Waals surface area contributed by atoms with Gasteiger partial charge in [-0.2, -0.15) is 26.3 Å². The largest absolute Gasteiger partial charge is 0.381 e. The average molecular weight is 326 g/mol. The first-order chi connectivity index (χ1) is 9.50. The third-order valence-corrected chi connectivity index (χ3v) is 2.91. The van der Waals surface area contributed by atoms with Gasteiger partial charge in [-0.05, 0) is 18.9 Å². The lowest BCUT2D eigenvalue weighted by atomic mass is 10.0. The summed E-state index contributed by atoms with van der Waals surface area (Å²) >= 11 is 0. The van der Waals surface area contributed by atoms with Gasteiger partial charge in [-0.25, -0.2) is 8.78 Å². The van der Waals surface area contributed by atoms with Crippen molar-refractivity contribution >= 4 is 0 Å². The zero-order valence-corrected chi connectivity index (χ0v) is 11.5. The van der Waals surface area contributed by atoms with Crippen LogP contribution in [0.25, 0.3) is 0 Å². The van der Waals surface area contributed by atoms with Crippen molar-refractivity contribution in [2.75, 3.05) is 0 Å². The highest BCUT2D eigenvalue weighted by Crippen LogP contribution is 2.49. The highest BCUT2D eigenvalue weighted by atomic mass is 19.4. The molecule has 0 unspecified atom stereocenters. The van der Waals surface area contributed by atoms with E-state index in [4.69, 9.17) is 0 Å². The van der Waals surface area contributed by atoms with Gasteiger partial charge in [0.25, 0.3) is 0 Å². The molecule has 0 aromatic heterocycles. The van der Waals surface area contributed by atoms with Crippen LogP contribution in [-0.2, 0) is 0 Å². The lowest BCUT2D eigenvalue weighted by Crippen LogP contribution is -2.56. The predicted octanol–water partition coefficient (Wildman–Crippen LogP) is 6.07. The van der Waals surface area contributed by atoms with Crippen molar-refractivity contribution in [3.05, 3.63) is 12.2 Å². The zero-order valence-electron chi connectivity index (χ0n) is 11.5. The fraction of sp³-hybridized carbons (Fsp3) is 0.846. The quantitative estimate of drug-likeness (QED) is 0.259. The molecule has 0 fully saturated rings. The second-order valence-corrected chi connectivity index (χ2v) is 4.73. The Morgan fingerprint density at radius 1 is 0.857 bits per heavy atom. The molecule has 0 aliphatic rings. The van der Waals surface area contributed by atoms with Crippen molar-refractivity contribution in [2.24, 2.45) is 0 Å². The predicted molar refractivity (Wildman–Crippen MR) is 63.4 cm³/mol. The van der Waals surface area contributed by atoms with Gasteiger partial charge in [0.05, 0.1) is 0 Å². The van der Waals surface area contributed by atoms with Gasteiger partial charge in [0.15, 0.2) is 0 Å².